The van der Waals surface area contributed by atoms with E-state index in [0.717, 1.165) is 28.2 Å². The Hall–Kier alpha value is -3.22. The fraction of sp³-hybridized carbons (Fsp3) is 0.0870. The van der Waals surface area contributed by atoms with Gasteiger partial charge in [-0.15, -0.1) is 11.3 Å². The van der Waals surface area contributed by atoms with Gasteiger partial charge in [0.15, 0.2) is 12.4 Å². The number of fused-ring (bicyclic) bond motifs is 1. The van der Waals surface area contributed by atoms with Gasteiger partial charge in [0, 0.05) is 21.5 Å². The molecule has 30 heavy (non-hydrogen) atoms. The zero-order valence-corrected chi connectivity index (χ0v) is 17.6. The number of nitrogens with zero attached hydrogens (tertiary/aromatic N) is 1. The number of hydrogen-bond acceptors (Lipinski definition) is 6. The molecule has 150 valence electrons. The molecule has 0 unspecified atom stereocenters. The summed E-state index contributed by atoms with van der Waals surface area (Å²) >= 11 is 6.99. The van der Waals surface area contributed by atoms with Crippen molar-refractivity contribution in [1.29, 1.82) is 0 Å². The van der Waals surface area contributed by atoms with E-state index in [2.05, 4.69) is 0 Å². The standard InChI is InChI=1S/C23H17ClN2O3S/c1-13-11-17-19(25)21(30-22(17)26-20(13)15-5-3-2-4-6-15)23(28)29-12-18(27)14-7-9-16(24)10-8-14/h2-11H,12,25H2,1H3. The number of hydrogen-bond donors (Lipinski definition) is 1. The summed E-state index contributed by atoms with van der Waals surface area (Å²) in [6.45, 7) is 1.57. The molecular formula is C23H17ClN2O3S. The van der Waals surface area contributed by atoms with E-state index in [9.17, 15) is 9.59 Å². The predicted octanol–water partition coefficient (Wildman–Crippen LogP) is 5.55. The van der Waals surface area contributed by atoms with E-state index in [0.29, 0.717) is 26.5 Å². The van der Waals surface area contributed by atoms with E-state index in [-0.39, 0.29) is 17.3 Å². The molecule has 0 aliphatic carbocycles. The number of pyridine rings is 1. The van der Waals surface area contributed by atoms with Gasteiger partial charge in [0.25, 0.3) is 0 Å². The minimum atomic E-state index is -0.642. The number of anilines is 1. The van der Waals surface area contributed by atoms with Gasteiger partial charge in [-0.05, 0) is 42.8 Å². The maximum atomic E-state index is 12.6. The van der Waals surface area contributed by atoms with Gasteiger partial charge in [-0.2, -0.15) is 0 Å². The summed E-state index contributed by atoms with van der Waals surface area (Å²) in [7, 11) is 0. The summed E-state index contributed by atoms with van der Waals surface area (Å²) in [6.07, 6.45) is 0. The van der Waals surface area contributed by atoms with Crippen molar-refractivity contribution in [3.05, 3.63) is 81.7 Å². The topological polar surface area (TPSA) is 82.3 Å². The Labute approximate surface area is 182 Å². The molecule has 0 aliphatic heterocycles. The summed E-state index contributed by atoms with van der Waals surface area (Å²) in [5.41, 5.74) is 9.71. The van der Waals surface area contributed by atoms with Crippen LogP contribution < -0.4 is 5.73 Å². The zero-order chi connectivity index (χ0) is 21.3. The van der Waals surface area contributed by atoms with Crippen LogP contribution in [0.2, 0.25) is 5.02 Å². The molecule has 0 radical (unpaired) electrons. The predicted molar refractivity (Wildman–Crippen MR) is 120 cm³/mol. The number of carbonyl (C=O) groups is 2. The number of nitrogens with two attached hydrogens (primary N) is 1. The molecule has 7 heteroatoms. The number of aromatic nitrogens is 1. The molecule has 0 spiro atoms. The molecule has 2 heterocycles. The highest BCUT2D eigenvalue weighted by Crippen LogP contribution is 2.36. The fourth-order valence-corrected chi connectivity index (χ4v) is 4.19. The number of ether oxygens (including phenoxy) is 1. The first kappa shape index (κ1) is 20.1. The van der Waals surface area contributed by atoms with E-state index >= 15 is 0 Å². The van der Waals surface area contributed by atoms with Crippen molar-refractivity contribution in [2.75, 3.05) is 12.3 Å². The van der Waals surface area contributed by atoms with Crippen LogP contribution in [0.3, 0.4) is 0 Å². The van der Waals surface area contributed by atoms with Gasteiger partial charge >= 0.3 is 5.97 Å². The molecule has 0 amide bonds. The minimum Gasteiger partial charge on any atom is -0.453 e. The molecule has 2 aromatic heterocycles. The minimum absolute atomic E-state index is 0.242. The maximum absolute atomic E-state index is 12.6. The normalized spacial score (nSPS) is 10.9. The van der Waals surface area contributed by atoms with Crippen LogP contribution in [-0.2, 0) is 4.74 Å². The quantitative estimate of drug-likeness (QED) is 0.327. The summed E-state index contributed by atoms with van der Waals surface area (Å²) in [5.74, 6) is -0.961. The molecule has 0 fully saturated rings. The molecule has 0 atom stereocenters. The first-order valence-corrected chi connectivity index (χ1v) is 10.3. The number of nitrogen functional groups attached to an aromatic ring is 1. The van der Waals surface area contributed by atoms with Gasteiger partial charge in [-0.3, -0.25) is 4.79 Å². The molecule has 4 aromatic rings. The number of aryl methyl sites for hydroxylation is 1. The number of rotatable bonds is 5. The SMILES string of the molecule is Cc1cc2c(N)c(C(=O)OCC(=O)c3ccc(Cl)cc3)sc2nc1-c1ccccc1. The molecule has 0 saturated carbocycles. The number of benzene rings is 2. The van der Waals surface area contributed by atoms with Crippen LogP contribution in [0.4, 0.5) is 5.69 Å². The molecule has 2 N–H and O–H groups in total. The van der Waals surface area contributed by atoms with Crippen LogP contribution in [0, 0.1) is 6.92 Å². The van der Waals surface area contributed by atoms with Gasteiger partial charge in [-0.25, -0.2) is 9.78 Å². The molecule has 2 aromatic carbocycles. The number of ketones is 1. The highest BCUT2D eigenvalue weighted by molar-refractivity contribution is 7.21. The van der Waals surface area contributed by atoms with Crippen LogP contribution in [-0.4, -0.2) is 23.3 Å². The lowest BCUT2D eigenvalue weighted by Crippen LogP contribution is -2.14. The second-order valence-electron chi connectivity index (χ2n) is 6.72. The number of thiophene rings is 1. The van der Waals surface area contributed by atoms with Crippen LogP contribution in [0.25, 0.3) is 21.5 Å². The van der Waals surface area contributed by atoms with Crippen molar-refractivity contribution < 1.29 is 14.3 Å². The molecule has 5 nitrogen and oxygen atoms in total. The van der Waals surface area contributed by atoms with Crippen molar-refractivity contribution in [3.63, 3.8) is 0 Å². The van der Waals surface area contributed by atoms with Crippen molar-refractivity contribution in [2.24, 2.45) is 0 Å². The Morgan fingerprint density at radius 3 is 2.50 bits per heavy atom. The number of esters is 1. The Bertz CT molecular complexity index is 1250. The average Bonchev–Trinajstić information content (AvgIpc) is 3.08. The monoisotopic (exact) mass is 436 g/mol. The summed E-state index contributed by atoms with van der Waals surface area (Å²) in [6, 6.07) is 18.1. The Morgan fingerprint density at radius 1 is 1.10 bits per heavy atom. The largest absolute Gasteiger partial charge is 0.453 e. The zero-order valence-electron chi connectivity index (χ0n) is 16.0. The second-order valence-corrected chi connectivity index (χ2v) is 8.16. The summed E-state index contributed by atoms with van der Waals surface area (Å²) < 4.78 is 5.21. The first-order chi connectivity index (χ1) is 14.4. The van der Waals surface area contributed by atoms with Crippen LogP contribution in [0.1, 0.15) is 25.6 Å². The lowest BCUT2D eigenvalue weighted by molar-refractivity contribution is 0.0480. The lowest BCUT2D eigenvalue weighted by Gasteiger charge is -2.05. The Kier molecular flexibility index (Phi) is 5.53. The highest BCUT2D eigenvalue weighted by Gasteiger charge is 2.21. The van der Waals surface area contributed by atoms with Crippen molar-refractivity contribution >= 4 is 50.6 Å². The van der Waals surface area contributed by atoms with E-state index < -0.39 is 5.97 Å². The van der Waals surface area contributed by atoms with Crippen molar-refractivity contribution in [3.8, 4) is 11.3 Å². The lowest BCUT2D eigenvalue weighted by atomic mass is 10.1. The van der Waals surface area contributed by atoms with E-state index in [1.54, 1.807) is 24.3 Å². The van der Waals surface area contributed by atoms with Gasteiger partial charge < -0.3 is 10.5 Å². The summed E-state index contributed by atoms with van der Waals surface area (Å²) in [5, 5.41) is 1.23. The van der Waals surface area contributed by atoms with Crippen molar-refractivity contribution in [2.45, 2.75) is 6.92 Å². The second kappa shape index (κ2) is 8.26. The van der Waals surface area contributed by atoms with Gasteiger partial charge in [0.2, 0.25) is 0 Å². The Balaban J connectivity index is 1.58. The molecular weight excluding hydrogens is 420 g/mol. The Morgan fingerprint density at radius 2 is 1.80 bits per heavy atom. The number of Topliss-reactive ketones (excluding diaryl/α,β-unsaturated/α-hetero) is 1. The maximum Gasteiger partial charge on any atom is 0.350 e. The molecule has 0 saturated heterocycles. The van der Waals surface area contributed by atoms with Crippen molar-refractivity contribution in [1.82, 2.24) is 4.98 Å². The average molecular weight is 437 g/mol. The van der Waals surface area contributed by atoms with E-state index in [4.69, 9.17) is 27.1 Å². The van der Waals surface area contributed by atoms with Crippen LogP contribution in [0.5, 0.6) is 0 Å². The van der Waals surface area contributed by atoms with Crippen LogP contribution >= 0.6 is 22.9 Å². The third-order valence-electron chi connectivity index (χ3n) is 4.64. The number of carbonyl (C=O) groups excluding carboxylic acids is 2. The molecule has 0 bridgehead atoms. The smallest absolute Gasteiger partial charge is 0.350 e. The molecule has 0 aliphatic rings. The fourth-order valence-electron chi connectivity index (χ4n) is 3.10. The summed E-state index contributed by atoms with van der Waals surface area (Å²) in [4.78, 5) is 30.4. The van der Waals surface area contributed by atoms with Crippen LogP contribution in [0.15, 0.2) is 60.7 Å². The first-order valence-electron chi connectivity index (χ1n) is 9.15. The van der Waals surface area contributed by atoms with Gasteiger partial charge in [-0.1, -0.05) is 41.9 Å². The highest BCUT2D eigenvalue weighted by atomic mass is 35.5. The van der Waals surface area contributed by atoms with E-state index in [1.165, 1.54) is 0 Å². The third kappa shape index (κ3) is 3.92. The van der Waals surface area contributed by atoms with Gasteiger partial charge in [0.05, 0.1) is 11.4 Å². The number of halogens is 1. The third-order valence-corrected chi connectivity index (χ3v) is 5.99. The molecule has 4 rings (SSSR count). The van der Waals surface area contributed by atoms with E-state index in [1.807, 2.05) is 43.3 Å². The van der Waals surface area contributed by atoms with Gasteiger partial charge in [0.1, 0.15) is 9.71 Å².